The summed E-state index contributed by atoms with van der Waals surface area (Å²) < 4.78 is 0. The van der Waals surface area contributed by atoms with Crippen molar-refractivity contribution in [1.29, 1.82) is 0 Å². The number of hydrogen-bond donors (Lipinski definition) is 1. The number of aromatic amines is 1. The van der Waals surface area contributed by atoms with E-state index in [1.165, 1.54) is 12.4 Å². The van der Waals surface area contributed by atoms with E-state index in [0.717, 1.165) is 0 Å². The number of H-pyrrole nitrogens is 1. The molecule has 2 aromatic heterocycles. The summed E-state index contributed by atoms with van der Waals surface area (Å²) in [6.07, 6.45) is 4.52. The molecule has 0 amide bonds. The first-order valence-corrected chi connectivity index (χ1v) is 3.88. The highest BCUT2D eigenvalue weighted by Crippen LogP contribution is 2.23. The maximum atomic E-state index is 10.6. The lowest BCUT2D eigenvalue weighted by atomic mass is 10.2. The number of pyridine rings is 1. The van der Waals surface area contributed by atoms with E-state index in [2.05, 4.69) is 15.0 Å². The topological polar surface area (TPSA) is 84.7 Å². The number of nitrogens with zero attached hydrogens (tertiary/aromatic N) is 3. The Morgan fingerprint density at radius 2 is 2.21 bits per heavy atom. The summed E-state index contributed by atoms with van der Waals surface area (Å²) in [5.74, 6) is 0.257. The quantitative estimate of drug-likeness (QED) is 0.572. The van der Waals surface area contributed by atoms with Crippen molar-refractivity contribution in [3.05, 3.63) is 40.8 Å². The van der Waals surface area contributed by atoms with E-state index in [0.29, 0.717) is 11.4 Å². The fraction of sp³-hybridized carbons (Fsp3) is 0. The van der Waals surface area contributed by atoms with Crippen molar-refractivity contribution in [1.82, 2.24) is 15.0 Å². The molecule has 0 bridgehead atoms. The van der Waals surface area contributed by atoms with E-state index < -0.39 is 4.92 Å². The molecule has 0 atom stereocenters. The molecule has 6 heteroatoms. The van der Waals surface area contributed by atoms with E-state index in [1.54, 1.807) is 18.3 Å². The largest absolute Gasteiger partial charge is 0.374 e. The standard InChI is InChI=1S/C8H6N4O2/c13-12(14)8-6(2-1-3-11-8)7-9-4-5-10-7/h1-5H,(H,9,10). The summed E-state index contributed by atoms with van der Waals surface area (Å²) >= 11 is 0. The molecule has 2 heterocycles. The Bertz CT molecular complexity index is 452. The number of imidazole rings is 1. The van der Waals surface area contributed by atoms with Gasteiger partial charge in [0, 0.05) is 12.4 Å². The van der Waals surface area contributed by atoms with Gasteiger partial charge in [-0.1, -0.05) is 0 Å². The third-order valence-corrected chi connectivity index (χ3v) is 1.71. The fourth-order valence-corrected chi connectivity index (χ4v) is 1.14. The van der Waals surface area contributed by atoms with Gasteiger partial charge in [-0.2, -0.15) is 0 Å². The Morgan fingerprint density at radius 3 is 2.86 bits per heavy atom. The second-order valence-corrected chi connectivity index (χ2v) is 2.57. The van der Waals surface area contributed by atoms with Gasteiger partial charge < -0.3 is 15.1 Å². The molecule has 0 saturated heterocycles. The van der Waals surface area contributed by atoms with Crippen molar-refractivity contribution in [2.75, 3.05) is 0 Å². The molecular weight excluding hydrogens is 184 g/mol. The third kappa shape index (κ3) is 1.33. The lowest BCUT2D eigenvalue weighted by molar-refractivity contribution is -0.388. The van der Waals surface area contributed by atoms with E-state index in [1.807, 2.05) is 0 Å². The van der Waals surface area contributed by atoms with Crippen LogP contribution in [0, 0.1) is 10.1 Å². The number of nitrogens with one attached hydrogen (secondary N) is 1. The molecule has 1 N–H and O–H groups in total. The van der Waals surface area contributed by atoms with Crippen molar-refractivity contribution in [2.24, 2.45) is 0 Å². The predicted octanol–water partition coefficient (Wildman–Crippen LogP) is 1.38. The highest BCUT2D eigenvalue weighted by Gasteiger charge is 2.16. The normalized spacial score (nSPS) is 10.0. The molecule has 6 nitrogen and oxygen atoms in total. The highest BCUT2D eigenvalue weighted by molar-refractivity contribution is 5.64. The SMILES string of the molecule is O=[N+]([O-])c1ncccc1-c1ncc[nH]1. The van der Waals surface area contributed by atoms with Crippen molar-refractivity contribution in [3.63, 3.8) is 0 Å². The first-order chi connectivity index (χ1) is 6.79. The number of aromatic nitrogens is 3. The molecule has 2 rings (SSSR count). The van der Waals surface area contributed by atoms with Gasteiger partial charge in [0.05, 0.1) is 0 Å². The summed E-state index contributed by atoms with van der Waals surface area (Å²) in [6.45, 7) is 0. The maximum Gasteiger partial charge on any atom is 0.374 e. The Balaban J connectivity index is 2.58. The van der Waals surface area contributed by atoms with Gasteiger partial charge in [-0.05, 0) is 22.0 Å². The van der Waals surface area contributed by atoms with Gasteiger partial charge in [0.25, 0.3) is 0 Å². The lowest BCUT2D eigenvalue weighted by Crippen LogP contribution is -1.95. The Kier molecular flexibility index (Phi) is 1.94. The van der Waals surface area contributed by atoms with Crippen LogP contribution in [0.4, 0.5) is 5.82 Å². The first kappa shape index (κ1) is 8.36. The van der Waals surface area contributed by atoms with Crippen LogP contribution in [0.3, 0.4) is 0 Å². The molecular formula is C8H6N4O2. The van der Waals surface area contributed by atoms with Crippen LogP contribution < -0.4 is 0 Å². The second-order valence-electron chi connectivity index (χ2n) is 2.57. The molecule has 0 aliphatic heterocycles. The molecule has 70 valence electrons. The number of rotatable bonds is 2. The van der Waals surface area contributed by atoms with Crippen molar-refractivity contribution < 1.29 is 4.92 Å². The fourth-order valence-electron chi connectivity index (χ4n) is 1.14. The van der Waals surface area contributed by atoms with Gasteiger partial charge in [0.1, 0.15) is 17.6 Å². The Labute approximate surface area is 78.8 Å². The van der Waals surface area contributed by atoms with Crippen LogP contribution in [-0.4, -0.2) is 19.9 Å². The van der Waals surface area contributed by atoms with Crippen molar-refractivity contribution in [2.45, 2.75) is 0 Å². The smallest absolute Gasteiger partial charge is 0.358 e. The summed E-state index contributed by atoms with van der Waals surface area (Å²) in [5, 5.41) is 10.6. The van der Waals surface area contributed by atoms with E-state index in [9.17, 15) is 10.1 Å². The Hall–Kier alpha value is -2.24. The maximum absolute atomic E-state index is 10.6. The van der Waals surface area contributed by atoms with Crippen LogP contribution in [0.1, 0.15) is 0 Å². The van der Waals surface area contributed by atoms with Crippen LogP contribution in [0.25, 0.3) is 11.4 Å². The molecule has 0 spiro atoms. The number of hydrogen-bond acceptors (Lipinski definition) is 4. The summed E-state index contributed by atoms with van der Waals surface area (Å²) in [5.41, 5.74) is 0.391. The van der Waals surface area contributed by atoms with Crippen LogP contribution in [0.15, 0.2) is 30.7 Å². The van der Waals surface area contributed by atoms with Crippen molar-refractivity contribution >= 4 is 5.82 Å². The molecule has 0 aliphatic rings. The van der Waals surface area contributed by atoms with Crippen LogP contribution in [0.5, 0.6) is 0 Å². The van der Waals surface area contributed by atoms with E-state index >= 15 is 0 Å². The number of nitro groups is 1. The van der Waals surface area contributed by atoms with Gasteiger partial charge in [0.15, 0.2) is 0 Å². The average Bonchev–Trinajstić information content (AvgIpc) is 2.70. The molecule has 0 unspecified atom stereocenters. The minimum atomic E-state index is -0.530. The molecule has 14 heavy (non-hydrogen) atoms. The van der Waals surface area contributed by atoms with Gasteiger partial charge in [-0.3, -0.25) is 0 Å². The summed E-state index contributed by atoms with van der Waals surface area (Å²) in [7, 11) is 0. The zero-order valence-electron chi connectivity index (χ0n) is 7.04. The molecule has 2 aromatic rings. The minimum Gasteiger partial charge on any atom is -0.358 e. The van der Waals surface area contributed by atoms with E-state index in [-0.39, 0.29) is 5.82 Å². The predicted molar refractivity (Wildman–Crippen MR) is 48.5 cm³/mol. The van der Waals surface area contributed by atoms with Gasteiger partial charge in [-0.25, -0.2) is 4.98 Å². The molecule has 0 saturated carbocycles. The first-order valence-electron chi connectivity index (χ1n) is 3.88. The van der Waals surface area contributed by atoms with Gasteiger partial charge in [-0.15, -0.1) is 0 Å². The van der Waals surface area contributed by atoms with Gasteiger partial charge in [0.2, 0.25) is 0 Å². The monoisotopic (exact) mass is 190 g/mol. The van der Waals surface area contributed by atoms with Gasteiger partial charge >= 0.3 is 5.82 Å². The van der Waals surface area contributed by atoms with E-state index in [4.69, 9.17) is 0 Å². The minimum absolute atomic E-state index is 0.192. The second kappa shape index (κ2) is 3.25. The van der Waals surface area contributed by atoms with Crippen LogP contribution in [-0.2, 0) is 0 Å². The zero-order chi connectivity index (χ0) is 9.97. The van der Waals surface area contributed by atoms with Crippen LogP contribution in [0.2, 0.25) is 0 Å². The highest BCUT2D eigenvalue weighted by atomic mass is 16.6. The molecule has 0 aromatic carbocycles. The summed E-state index contributed by atoms with van der Waals surface area (Å²) in [4.78, 5) is 20.5. The molecule has 0 radical (unpaired) electrons. The molecule has 0 fully saturated rings. The Morgan fingerprint density at radius 1 is 1.36 bits per heavy atom. The zero-order valence-corrected chi connectivity index (χ0v) is 7.04. The summed E-state index contributed by atoms with van der Waals surface area (Å²) in [6, 6.07) is 3.23. The van der Waals surface area contributed by atoms with Crippen LogP contribution >= 0.6 is 0 Å². The van der Waals surface area contributed by atoms with Crippen molar-refractivity contribution in [3.8, 4) is 11.4 Å². The molecule has 0 aliphatic carbocycles. The lowest BCUT2D eigenvalue weighted by Gasteiger charge is -1.97. The average molecular weight is 190 g/mol. The third-order valence-electron chi connectivity index (χ3n) is 1.71.